The van der Waals surface area contributed by atoms with Crippen LogP contribution in [0.2, 0.25) is 0 Å². The van der Waals surface area contributed by atoms with Crippen molar-refractivity contribution in [2.24, 2.45) is 0 Å². The van der Waals surface area contributed by atoms with E-state index in [1.165, 1.54) is 9.80 Å². The van der Waals surface area contributed by atoms with Crippen LogP contribution >= 0.6 is 0 Å². The second-order valence-corrected chi connectivity index (χ2v) is 4.28. The zero-order valence-electron chi connectivity index (χ0n) is 11.8. The lowest BCUT2D eigenvalue weighted by molar-refractivity contribution is -0.147. The minimum Gasteiger partial charge on any atom is -0.346 e. The van der Waals surface area contributed by atoms with E-state index in [-0.39, 0.29) is 0 Å². The molecule has 2 rings (SSSR count). The number of hydrogen-bond acceptors (Lipinski definition) is 4. The number of rotatable bonds is 2. The van der Waals surface area contributed by atoms with E-state index in [1.807, 2.05) is 13.8 Å². The fourth-order valence-electron chi connectivity index (χ4n) is 1.85. The van der Waals surface area contributed by atoms with E-state index in [9.17, 15) is 19.2 Å². The van der Waals surface area contributed by atoms with Gasteiger partial charge in [0.15, 0.2) is 0 Å². The van der Waals surface area contributed by atoms with Crippen LogP contribution in [0, 0.1) is 0 Å². The third-order valence-electron chi connectivity index (χ3n) is 3.06. The van der Waals surface area contributed by atoms with Gasteiger partial charge < -0.3 is 20.4 Å². The van der Waals surface area contributed by atoms with Gasteiger partial charge in [0.2, 0.25) is 0 Å². The van der Waals surface area contributed by atoms with E-state index in [0.717, 1.165) is 0 Å². The van der Waals surface area contributed by atoms with Crippen molar-refractivity contribution < 1.29 is 19.2 Å². The van der Waals surface area contributed by atoms with Gasteiger partial charge in [0, 0.05) is 39.3 Å². The Balaban J connectivity index is 0.000000200. The number of piperazine rings is 2. The van der Waals surface area contributed by atoms with E-state index < -0.39 is 23.6 Å². The summed E-state index contributed by atoms with van der Waals surface area (Å²) in [5.41, 5.74) is 0. The molecule has 2 aliphatic rings. The summed E-state index contributed by atoms with van der Waals surface area (Å²) < 4.78 is 0. The summed E-state index contributed by atoms with van der Waals surface area (Å²) in [4.78, 5) is 46.1. The van der Waals surface area contributed by atoms with Gasteiger partial charge in [-0.15, -0.1) is 0 Å². The summed E-state index contributed by atoms with van der Waals surface area (Å²) in [6.45, 7) is 7.39. The van der Waals surface area contributed by atoms with Crippen LogP contribution in [-0.4, -0.2) is 72.7 Å². The van der Waals surface area contributed by atoms with Crippen LogP contribution < -0.4 is 10.6 Å². The molecule has 2 heterocycles. The predicted octanol–water partition coefficient (Wildman–Crippen LogP) is -2.07. The molecule has 2 fully saturated rings. The first-order chi connectivity index (χ1) is 9.51. The third kappa shape index (κ3) is 3.94. The summed E-state index contributed by atoms with van der Waals surface area (Å²) in [6, 6.07) is 0. The van der Waals surface area contributed by atoms with Gasteiger partial charge in [-0.1, -0.05) is 0 Å². The Bertz CT molecular complexity index is 372. The first-order valence-corrected chi connectivity index (χ1v) is 6.65. The number of hydrogen-bond donors (Lipinski definition) is 2. The average molecular weight is 284 g/mol. The van der Waals surface area contributed by atoms with Crippen LogP contribution in [0.4, 0.5) is 0 Å². The highest BCUT2D eigenvalue weighted by Gasteiger charge is 2.24. The van der Waals surface area contributed by atoms with Crippen LogP contribution in [0.1, 0.15) is 13.8 Å². The quantitative estimate of drug-likeness (QED) is 0.569. The summed E-state index contributed by atoms with van der Waals surface area (Å²) in [7, 11) is 0. The second-order valence-electron chi connectivity index (χ2n) is 4.28. The standard InChI is InChI=1S/2C6H10N2O2/c2*1-2-8-4-3-7-5(9)6(8)10/h2*2-4H2,1H3,(H,7,9). The van der Waals surface area contributed by atoms with Crippen LogP contribution in [0.25, 0.3) is 0 Å². The van der Waals surface area contributed by atoms with Crippen molar-refractivity contribution in [2.75, 3.05) is 39.3 Å². The second kappa shape index (κ2) is 7.46. The van der Waals surface area contributed by atoms with Crippen molar-refractivity contribution in [1.29, 1.82) is 0 Å². The van der Waals surface area contributed by atoms with Gasteiger partial charge >= 0.3 is 23.6 Å². The molecule has 0 aromatic rings. The molecule has 0 saturated carbocycles. The van der Waals surface area contributed by atoms with Crippen molar-refractivity contribution in [3.8, 4) is 0 Å². The van der Waals surface area contributed by atoms with Crippen LogP contribution in [-0.2, 0) is 19.2 Å². The highest BCUT2D eigenvalue weighted by atomic mass is 16.2. The Kier molecular flexibility index (Phi) is 5.95. The smallest absolute Gasteiger partial charge is 0.311 e. The molecule has 0 bridgehead atoms. The Morgan fingerprint density at radius 1 is 0.800 bits per heavy atom. The topological polar surface area (TPSA) is 98.8 Å². The normalized spacial score (nSPS) is 19.1. The Hall–Kier alpha value is -2.12. The van der Waals surface area contributed by atoms with Gasteiger partial charge in [-0.05, 0) is 13.8 Å². The van der Waals surface area contributed by atoms with Gasteiger partial charge in [-0.25, -0.2) is 0 Å². The van der Waals surface area contributed by atoms with E-state index in [4.69, 9.17) is 0 Å². The van der Waals surface area contributed by atoms with E-state index in [0.29, 0.717) is 39.3 Å². The van der Waals surface area contributed by atoms with Crippen molar-refractivity contribution >= 4 is 23.6 Å². The molecule has 0 unspecified atom stereocenters. The molecule has 2 N–H and O–H groups in total. The monoisotopic (exact) mass is 284 g/mol. The highest BCUT2D eigenvalue weighted by molar-refractivity contribution is 6.35. The van der Waals surface area contributed by atoms with Crippen LogP contribution in [0.3, 0.4) is 0 Å². The van der Waals surface area contributed by atoms with Crippen molar-refractivity contribution in [2.45, 2.75) is 13.8 Å². The Labute approximate surface area is 117 Å². The Morgan fingerprint density at radius 2 is 1.15 bits per heavy atom. The molecule has 0 radical (unpaired) electrons. The van der Waals surface area contributed by atoms with Gasteiger partial charge in [0.1, 0.15) is 0 Å². The number of nitrogens with zero attached hydrogens (tertiary/aromatic N) is 2. The van der Waals surface area contributed by atoms with Crippen LogP contribution in [0.5, 0.6) is 0 Å². The predicted molar refractivity (Wildman–Crippen MR) is 70.5 cm³/mol. The molecule has 0 aromatic heterocycles. The van der Waals surface area contributed by atoms with Gasteiger partial charge in [-0.3, -0.25) is 19.2 Å². The number of amides is 4. The molecular weight excluding hydrogens is 264 g/mol. The fourth-order valence-corrected chi connectivity index (χ4v) is 1.85. The molecule has 0 aromatic carbocycles. The molecule has 20 heavy (non-hydrogen) atoms. The molecule has 8 nitrogen and oxygen atoms in total. The molecule has 0 aliphatic carbocycles. The molecule has 0 atom stereocenters. The Morgan fingerprint density at radius 3 is 1.40 bits per heavy atom. The molecule has 0 spiro atoms. The van der Waals surface area contributed by atoms with Gasteiger partial charge in [-0.2, -0.15) is 0 Å². The number of nitrogens with one attached hydrogen (secondary N) is 2. The molecule has 8 heteroatoms. The summed E-state index contributed by atoms with van der Waals surface area (Å²) in [5.74, 6) is -1.77. The number of carbonyl (C=O) groups excluding carboxylic acids is 4. The maximum atomic E-state index is 10.9. The van der Waals surface area contributed by atoms with Crippen molar-refractivity contribution in [3.05, 3.63) is 0 Å². The lowest BCUT2D eigenvalue weighted by Gasteiger charge is -2.24. The summed E-state index contributed by atoms with van der Waals surface area (Å²) in [6.07, 6.45) is 0. The molecule has 112 valence electrons. The first-order valence-electron chi connectivity index (χ1n) is 6.65. The lowest BCUT2D eigenvalue weighted by atomic mass is 10.3. The molecule has 2 saturated heterocycles. The minimum atomic E-state index is -0.479. The van der Waals surface area contributed by atoms with Gasteiger partial charge in [0.05, 0.1) is 0 Å². The van der Waals surface area contributed by atoms with Crippen LogP contribution in [0.15, 0.2) is 0 Å². The van der Waals surface area contributed by atoms with E-state index >= 15 is 0 Å². The molecule has 4 amide bonds. The largest absolute Gasteiger partial charge is 0.346 e. The first kappa shape index (κ1) is 15.9. The van der Waals surface area contributed by atoms with Gasteiger partial charge in [0.25, 0.3) is 0 Å². The number of carbonyl (C=O) groups is 4. The van der Waals surface area contributed by atoms with E-state index in [1.54, 1.807) is 0 Å². The molecule has 2 aliphatic heterocycles. The summed E-state index contributed by atoms with van der Waals surface area (Å²) >= 11 is 0. The van der Waals surface area contributed by atoms with Crippen molar-refractivity contribution in [1.82, 2.24) is 20.4 Å². The zero-order valence-corrected chi connectivity index (χ0v) is 11.8. The SMILES string of the molecule is CCN1CCNC(=O)C1=O.CCN1CCNC(=O)C1=O. The fraction of sp³-hybridized carbons (Fsp3) is 0.667. The minimum absolute atomic E-state index is 0.409. The zero-order chi connectivity index (χ0) is 15.1. The molecular formula is C12H20N4O4. The maximum absolute atomic E-state index is 10.9. The average Bonchev–Trinajstić information content (AvgIpc) is 2.45. The summed E-state index contributed by atoms with van der Waals surface area (Å²) in [5, 5.41) is 4.93. The maximum Gasteiger partial charge on any atom is 0.311 e. The van der Waals surface area contributed by atoms with E-state index in [2.05, 4.69) is 10.6 Å². The number of likely N-dealkylation sites (N-methyl/N-ethyl adjacent to an activating group) is 2. The lowest BCUT2D eigenvalue weighted by Crippen LogP contribution is -2.51. The van der Waals surface area contributed by atoms with Crippen molar-refractivity contribution in [3.63, 3.8) is 0 Å². The third-order valence-corrected chi connectivity index (χ3v) is 3.06. The highest BCUT2D eigenvalue weighted by Crippen LogP contribution is 1.94.